The van der Waals surface area contributed by atoms with E-state index in [1.165, 1.54) is 0 Å². The number of ether oxygens (including phenoxy) is 1. The monoisotopic (exact) mass is 301 g/mol. The van der Waals surface area contributed by atoms with Crippen LogP contribution in [0.4, 0.5) is 5.69 Å². The molecule has 114 valence electrons. The molecule has 0 aliphatic carbocycles. The lowest BCUT2D eigenvalue weighted by atomic mass is 10.2. The van der Waals surface area contributed by atoms with Gasteiger partial charge >= 0.3 is 0 Å². The summed E-state index contributed by atoms with van der Waals surface area (Å²) in [6.07, 6.45) is 2.91. The fraction of sp³-hybridized carbons (Fsp3) is 0.538. The molecule has 1 rings (SSSR count). The number of nitrogens with two attached hydrogens (primary N) is 1. The van der Waals surface area contributed by atoms with Crippen LogP contribution in [0.2, 0.25) is 0 Å². The van der Waals surface area contributed by atoms with E-state index >= 15 is 0 Å². The zero-order valence-corrected chi connectivity index (χ0v) is 12.6. The summed E-state index contributed by atoms with van der Waals surface area (Å²) in [5, 5.41) is 2.91. The van der Waals surface area contributed by atoms with Crippen molar-refractivity contribution < 1.29 is 13.2 Å². The second kappa shape index (κ2) is 8.78. The maximum atomic E-state index is 11.8. The molecule has 0 heterocycles. The lowest BCUT2D eigenvalue weighted by Gasteiger charge is -2.09. The second-order valence-corrected chi connectivity index (χ2v) is 6.16. The quantitative estimate of drug-likeness (QED) is 0.563. The molecule has 6 nitrogen and oxygen atoms in total. The Bertz CT molecular complexity index is 474. The number of nitrogens with one attached hydrogen (secondary N) is 2. The Morgan fingerprint density at radius 2 is 1.85 bits per heavy atom. The van der Waals surface area contributed by atoms with Crippen LogP contribution in [-0.4, -0.2) is 34.5 Å². The summed E-state index contributed by atoms with van der Waals surface area (Å²) in [7, 11) is -1.81. The van der Waals surface area contributed by atoms with Gasteiger partial charge in [-0.3, -0.25) is 4.72 Å². The SMILES string of the molecule is COc1ccc(NS(=O)(=O)CNCCCCCN)cc1. The van der Waals surface area contributed by atoms with Crippen molar-refractivity contribution >= 4 is 15.7 Å². The maximum absolute atomic E-state index is 11.8. The van der Waals surface area contributed by atoms with E-state index in [1.807, 2.05) is 0 Å². The van der Waals surface area contributed by atoms with Gasteiger partial charge in [-0.2, -0.15) is 0 Å². The van der Waals surface area contributed by atoms with Crippen molar-refractivity contribution in [3.8, 4) is 5.75 Å². The van der Waals surface area contributed by atoms with Crippen molar-refractivity contribution in [2.24, 2.45) is 5.73 Å². The first-order chi connectivity index (χ1) is 9.57. The molecule has 0 bridgehead atoms. The van der Waals surface area contributed by atoms with Gasteiger partial charge in [-0.05, 0) is 50.2 Å². The highest BCUT2D eigenvalue weighted by molar-refractivity contribution is 7.92. The molecule has 0 spiro atoms. The molecular weight excluding hydrogens is 278 g/mol. The van der Waals surface area contributed by atoms with Crippen molar-refractivity contribution in [1.82, 2.24) is 5.32 Å². The number of anilines is 1. The summed E-state index contributed by atoms with van der Waals surface area (Å²) in [4.78, 5) is 0. The fourth-order valence-corrected chi connectivity index (χ4v) is 2.63. The number of methoxy groups -OCH3 is 1. The number of hydrogen-bond donors (Lipinski definition) is 3. The molecular formula is C13H23N3O3S. The van der Waals surface area contributed by atoms with Crippen LogP contribution >= 0.6 is 0 Å². The minimum atomic E-state index is -3.37. The van der Waals surface area contributed by atoms with Gasteiger partial charge in [0.25, 0.3) is 0 Å². The minimum absolute atomic E-state index is 0.0956. The maximum Gasteiger partial charge on any atom is 0.245 e. The van der Waals surface area contributed by atoms with Gasteiger partial charge in [0.2, 0.25) is 10.0 Å². The summed E-state index contributed by atoms with van der Waals surface area (Å²) < 4.78 is 31.2. The summed E-state index contributed by atoms with van der Waals surface area (Å²) in [5.74, 6) is 0.591. The van der Waals surface area contributed by atoms with E-state index in [4.69, 9.17) is 10.5 Å². The van der Waals surface area contributed by atoms with Gasteiger partial charge in [0.15, 0.2) is 0 Å². The number of hydrogen-bond acceptors (Lipinski definition) is 5. The minimum Gasteiger partial charge on any atom is -0.497 e. The van der Waals surface area contributed by atoms with Gasteiger partial charge in [0.1, 0.15) is 11.6 Å². The smallest absolute Gasteiger partial charge is 0.245 e. The van der Waals surface area contributed by atoms with E-state index in [-0.39, 0.29) is 5.88 Å². The molecule has 0 fully saturated rings. The van der Waals surface area contributed by atoms with Crippen LogP contribution in [0.15, 0.2) is 24.3 Å². The second-order valence-electron chi connectivity index (χ2n) is 4.44. The zero-order chi connectivity index (χ0) is 14.8. The van der Waals surface area contributed by atoms with Crippen LogP contribution in [-0.2, 0) is 10.0 Å². The Morgan fingerprint density at radius 1 is 1.15 bits per heavy atom. The molecule has 1 aromatic rings. The Labute approximate surface area is 120 Å². The average Bonchev–Trinajstić information content (AvgIpc) is 2.43. The number of sulfonamides is 1. The van der Waals surface area contributed by atoms with Crippen LogP contribution in [0.3, 0.4) is 0 Å². The van der Waals surface area contributed by atoms with Gasteiger partial charge in [-0.1, -0.05) is 6.42 Å². The van der Waals surface area contributed by atoms with Gasteiger partial charge < -0.3 is 15.8 Å². The van der Waals surface area contributed by atoms with Gasteiger partial charge in [-0.15, -0.1) is 0 Å². The number of benzene rings is 1. The molecule has 1 aromatic carbocycles. The Balaban J connectivity index is 2.33. The summed E-state index contributed by atoms with van der Waals surface area (Å²) in [6, 6.07) is 6.74. The standard InChI is InChI=1S/C13H23N3O3S/c1-19-13-7-5-12(6-8-13)16-20(17,18)11-15-10-4-2-3-9-14/h5-8,15-16H,2-4,9-11,14H2,1H3. The van der Waals surface area contributed by atoms with Crippen molar-refractivity contribution in [2.45, 2.75) is 19.3 Å². The molecule has 4 N–H and O–H groups in total. The molecule has 0 atom stereocenters. The summed E-state index contributed by atoms with van der Waals surface area (Å²) in [6.45, 7) is 1.35. The Hall–Kier alpha value is -1.31. The normalized spacial score (nSPS) is 11.3. The number of rotatable bonds is 10. The van der Waals surface area contributed by atoms with Crippen LogP contribution in [0.25, 0.3) is 0 Å². The highest BCUT2D eigenvalue weighted by atomic mass is 32.2. The largest absolute Gasteiger partial charge is 0.497 e. The van der Waals surface area contributed by atoms with E-state index in [1.54, 1.807) is 31.4 Å². The molecule has 0 unspecified atom stereocenters. The van der Waals surface area contributed by atoms with E-state index in [9.17, 15) is 8.42 Å². The van der Waals surface area contributed by atoms with Crippen LogP contribution in [0, 0.1) is 0 Å². The van der Waals surface area contributed by atoms with E-state index in [0.29, 0.717) is 24.5 Å². The zero-order valence-electron chi connectivity index (χ0n) is 11.8. The lowest BCUT2D eigenvalue weighted by Crippen LogP contribution is -2.28. The predicted molar refractivity (Wildman–Crippen MR) is 81.3 cm³/mol. The van der Waals surface area contributed by atoms with E-state index < -0.39 is 10.0 Å². The lowest BCUT2D eigenvalue weighted by molar-refractivity contribution is 0.415. The average molecular weight is 301 g/mol. The molecule has 0 aliphatic heterocycles. The fourth-order valence-electron chi connectivity index (χ4n) is 1.65. The van der Waals surface area contributed by atoms with Crippen LogP contribution in [0.1, 0.15) is 19.3 Å². The van der Waals surface area contributed by atoms with E-state index in [0.717, 1.165) is 19.3 Å². The van der Waals surface area contributed by atoms with Gasteiger partial charge in [-0.25, -0.2) is 8.42 Å². The van der Waals surface area contributed by atoms with Gasteiger partial charge in [0.05, 0.1) is 7.11 Å². The third-order valence-corrected chi connectivity index (χ3v) is 3.84. The summed E-state index contributed by atoms with van der Waals surface area (Å²) >= 11 is 0. The van der Waals surface area contributed by atoms with Crippen molar-refractivity contribution in [3.05, 3.63) is 24.3 Å². The predicted octanol–water partition coefficient (Wildman–Crippen LogP) is 1.11. The summed E-state index contributed by atoms with van der Waals surface area (Å²) in [5.41, 5.74) is 5.91. The first-order valence-corrected chi connectivity index (χ1v) is 8.28. The molecule has 0 aliphatic rings. The first kappa shape index (κ1) is 16.7. The van der Waals surface area contributed by atoms with Crippen LogP contribution < -0.4 is 20.5 Å². The number of unbranched alkanes of at least 4 members (excludes halogenated alkanes) is 2. The van der Waals surface area contributed by atoms with Gasteiger partial charge in [0, 0.05) is 5.69 Å². The van der Waals surface area contributed by atoms with Crippen molar-refractivity contribution in [3.63, 3.8) is 0 Å². The van der Waals surface area contributed by atoms with Crippen molar-refractivity contribution in [2.75, 3.05) is 30.8 Å². The molecule has 0 saturated carbocycles. The Kier molecular flexibility index (Phi) is 7.35. The molecule has 0 radical (unpaired) electrons. The molecule has 20 heavy (non-hydrogen) atoms. The third kappa shape index (κ3) is 6.74. The van der Waals surface area contributed by atoms with Crippen LogP contribution in [0.5, 0.6) is 5.75 Å². The van der Waals surface area contributed by atoms with E-state index in [2.05, 4.69) is 10.0 Å². The first-order valence-electron chi connectivity index (χ1n) is 6.63. The van der Waals surface area contributed by atoms with Crippen molar-refractivity contribution in [1.29, 1.82) is 0 Å². The molecule has 0 saturated heterocycles. The Morgan fingerprint density at radius 3 is 2.45 bits per heavy atom. The molecule has 0 aromatic heterocycles. The molecule has 0 amide bonds. The highest BCUT2D eigenvalue weighted by Crippen LogP contribution is 2.15. The topological polar surface area (TPSA) is 93.4 Å². The highest BCUT2D eigenvalue weighted by Gasteiger charge is 2.09. The molecule has 7 heteroatoms. The third-order valence-electron chi connectivity index (χ3n) is 2.71.